The molecule has 0 saturated heterocycles. The summed E-state index contributed by atoms with van der Waals surface area (Å²) in [5.41, 5.74) is 0. The molecule has 2 aliphatic carbocycles. The average molecular weight is 857 g/mol. The van der Waals surface area contributed by atoms with Crippen LogP contribution in [0, 0.1) is 0 Å². The highest BCUT2D eigenvalue weighted by atomic mass is 17.3. The molecular formula is C48H88O12. The second kappa shape index (κ2) is 42.8. The van der Waals surface area contributed by atoms with Gasteiger partial charge < -0.3 is 18.9 Å². The molecule has 2 saturated carbocycles. The molecule has 0 unspecified atom stereocenters. The van der Waals surface area contributed by atoms with Gasteiger partial charge in [-0.25, -0.2) is 0 Å². The highest BCUT2D eigenvalue weighted by molar-refractivity contribution is 5.64. The molecule has 0 radical (unpaired) electrons. The maximum absolute atomic E-state index is 11.5. The quantitative estimate of drug-likeness (QED) is 0.0209. The number of rotatable bonds is 32. The Hall–Kier alpha value is -2.92. The smallest absolute Gasteiger partial charge is 0.432 e. The topological polar surface area (TPSA) is 142 Å². The van der Waals surface area contributed by atoms with Crippen LogP contribution >= 0.6 is 0 Å². The van der Waals surface area contributed by atoms with Crippen molar-refractivity contribution in [3.05, 3.63) is 0 Å². The number of carbonyl (C=O) groups is 4. The van der Waals surface area contributed by atoms with Gasteiger partial charge in [0.25, 0.3) is 0 Å². The van der Waals surface area contributed by atoms with Crippen LogP contribution in [0.1, 0.15) is 258 Å². The van der Waals surface area contributed by atoms with Crippen LogP contribution in [0.5, 0.6) is 0 Å². The first-order chi connectivity index (χ1) is 29.4. The van der Waals surface area contributed by atoms with E-state index in [1.807, 2.05) is 0 Å². The summed E-state index contributed by atoms with van der Waals surface area (Å²) in [6.45, 7) is 5.07. The molecule has 0 bridgehead atoms. The molecule has 0 aromatic rings. The van der Waals surface area contributed by atoms with Crippen LogP contribution in [0.15, 0.2) is 0 Å². The van der Waals surface area contributed by atoms with Crippen molar-refractivity contribution in [1.29, 1.82) is 0 Å². The Morgan fingerprint density at radius 1 is 0.317 bits per heavy atom. The lowest BCUT2D eigenvalue weighted by Crippen LogP contribution is -2.25. The Bertz CT molecular complexity index is 918. The SMILES string of the molecule is CCCCCCCCCCCCCCCCOC(=O)OOC(=O)OCCCCCCCCCCCCCCCC.O=C(OOC(=O)OC1CCCCC1)OC1CCCCC1. The van der Waals surface area contributed by atoms with Crippen molar-refractivity contribution >= 4 is 24.6 Å². The minimum Gasteiger partial charge on any atom is -0.432 e. The number of hydrogen-bond acceptors (Lipinski definition) is 12. The van der Waals surface area contributed by atoms with Gasteiger partial charge >= 0.3 is 24.6 Å². The second-order valence-corrected chi connectivity index (χ2v) is 17.0. The van der Waals surface area contributed by atoms with Crippen LogP contribution in [0.3, 0.4) is 0 Å². The van der Waals surface area contributed by atoms with Gasteiger partial charge in [-0.15, -0.1) is 0 Å². The van der Waals surface area contributed by atoms with Gasteiger partial charge in [-0.3, -0.25) is 0 Å². The zero-order chi connectivity index (χ0) is 43.4. The van der Waals surface area contributed by atoms with E-state index < -0.39 is 24.6 Å². The Labute approximate surface area is 364 Å². The molecule has 0 N–H and O–H groups in total. The van der Waals surface area contributed by atoms with Crippen molar-refractivity contribution in [2.24, 2.45) is 0 Å². The predicted molar refractivity (Wildman–Crippen MR) is 234 cm³/mol. The average Bonchev–Trinajstić information content (AvgIpc) is 3.26. The van der Waals surface area contributed by atoms with Gasteiger partial charge in [0.15, 0.2) is 0 Å². The highest BCUT2D eigenvalue weighted by Crippen LogP contribution is 2.22. The third kappa shape index (κ3) is 38.0. The van der Waals surface area contributed by atoms with Crippen molar-refractivity contribution < 1.29 is 57.7 Å². The van der Waals surface area contributed by atoms with Crippen molar-refractivity contribution in [2.45, 2.75) is 270 Å². The van der Waals surface area contributed by atoms with Gasteiger partial charge in [-0.2, -0.15) is 38.7 Å². The van der Waals surface area contributed by atoms with Crippen molar-refractivity contribution in [1.82, 2.24) is 0 Å². The van der Waals surface area contributed by atoms with E-state index in [0.29, 0.717) is 0 Å². The van der Waals surface area contributed by atoms with Crippen LogP contribution in [0.25, 0.3) is 0 Å². The van der Waals surface area contributed by atoms with Gasteiger partial charge in [-0.05, 0) is 64.2 Å². The molecule has 2 rings (SSSR count). The lowest BCUT2D eigenvalue weighted by Gasteiger charge is -2.21. The maximum atomic E-state index is 11.5. The summed E-state index contributed by atoms with van der Waals surface area (Å²) < 4.78 is 19.9. The first-order valence-electron chi connectivity index (χ1n) is 24.9. The van der Waals surface area contributed by atoms with E-state index in [2.05, 4.69) is 33.4 Å². The molecule has 0 aliphatic heterocycles. The standard InChI is InChI=1S/C34H66O6.C14H22O6/c1-3-5-7-9-11-13-15-17-19-21-23-25-27-29-31-37-33(35)39-40-34(36)38-32-30-28-26-24-22-20-18-16-14-12-10-8-6-4-2;15-13(17-11-7-3-1-4-8-11)19-20-14(16)18-12-9-5-2-6-10-12/h3-32H2,1-2H3;11-12H,1-10H2. The fourth-order valence-electron chi connectivity index (χ4n) is 7.77. The summed E-state index contributed by atoms with van der Waals surface area (Å²) in [6.07, 6.45) is 41.3. The third-order valence-electron chi connectivity index (χ3n) is 11.4. The van der Waals surface area contributed by atoms with Crippen molar-refractivity contribution in [2.75, 3.05) is 13.2 Å². The van der Waals surface area contributed by atoms with Gasteiger partial charge in [0.05, 0.1) is 13.2 Å². The van der Waals surface area contributed by atoms with Crippen molar-refractivity contribution in [3.63, 3.8) is 0 Å². The summed E-state index contributed by atoms with van der Waals surface area (Å²) in [5.74, 6) is 0. The molecule has 0 spiro atoms. The minimum atomic E-state index is -0.997. The molecule has 0 aromatic heterocycles. The molecule has 0 atom stereocenters. The molecular weight excluding hydrogens is 769 g/mol. The Morgan fingerprint density at radius 3 is 0.817 bits per heavy atom. The Balaban J connectivity index is 0.000000742. The van der Waals surface area contributed by atoms with E-state index in [1.54, 1.807) is 0 Å². The van der Waals surface area contributed by atoms with E-state index in [-0.39, 0.29) is 25.4 Å². The lowest BCUT2D eigenvalue weighted by molar-refractivity contribution is -0.226. The third-order valence-corrected chi connectivity index (χ3v) is 11.4. The molecule has 0 heterocycles. The second-order valence-electron chi connectivity index (χ2n) is 17.0. The lowest BCUT2D eigenvalue weighted by atomic mass is 9.98. The monoisotopic (exact) mass is 857 g/mol. The molecule has 2 aliphatic rings. The fraction of sp³-hybridized carbons (Fsp3) is 0.917. The number of unbranched alkanes of at least 4 members (excludes halogenated alkanes) is 26. The molecule has 352 valence electrons. The van der Waals surface area contributed by atoms with E-state index in [1.165, 1.54) is 154 Å². The summed E-state index contributed by atoms with van der Waals surface area (Å²) in [4.78, 5) is 63.0. The van der Waals surface area contributed by atoms with Gasteiger partial charge in [-0.1, -0.05) is 194 Å². The molecule has 12 heteroatoms. The van der Waals surface area contributed by atoms with E-state index >= 15 is 0 Å². The molecule has 2 fully saturated rings. The van der Waals surface area contributed by atoms with Crippen LogP contribution in [0.4, 0.5) is 19.2 Å². The van der Waals surface area contributed by atoms with Crippen LogP contribution in [-0.2, 0) is 38.5 Å². The van der Waals surface area contributed by atoms with Crippen LogP contribution in [-0.4, -0.2) is 50.0 Å². The number of ether oxygens (including phenoxy) is 4. The van der Waals surface area contributed by atoms with Crippen LogP contribution < -0.4 is 0 Å². The van der Waals surface area contributed by atoms with Gasteiger partial charge in [0.1, 0.15) is 12.2 Å². The van der Waals surface area contributed by atoms with Gasteiger partial charge in [0.2, 0.25) is 0 Å². The molecule has 12 nitrogen and oxygen atoms in total. The normalized spacial score (nSPS) is 14.3. The fourth-order valence-corrected chi connectivity index (χ4v) is 7.77. The number of hydrogen-bond donors (Lipinski definition) is 0. The van der Waals surface area contributed by atoms with E-state index in [9.17, 15) is 19.2 Å². The molecule has 0 amide bonds. The summed E-state index contributed by atoms with van der Waals surface area (Å²) >= 11 is 0. The molecule has 0 aromatic carbocycles. The maximum Gasteiger partial charge on any atom is 0.550 e. The molecule has 60 heavy (non-hydrogen) atoms. The Kier molecular flexibility index (Phi) is 39.3. The zero-order valence-corrected chi connectivity index (χ0v) is 38.3. The van der Waals surface area contributed by atoms with E-state index in [0.717, 1.165) is 89.9 Å². The summed E-state index contributed by atoms with van der Waals surface area (Å²) in [7, 11) is 0. The van der Waals surface area contributed by atoms with E-state index in [4.69, 9.17) is 18.9 Å². The van der Waals surface area contributed by atoms with Gasteiger partial charge in [0, 0.05) is 0 Å². The highest BCUT2D eigenvalue weighted by Gasteiger charge is 2.23. The summed E-state index contributed by atoms with van der Waals surface area (Å²) in [5, 5.41) is 0. The largest absolute Gasteiger partial charge is 0.550 e. The first-order valence-corrected chi connectivity index (χ1v) is 24.9. The minimum absolute atomic E-state index is 0.130. The van der Waals surface area contributed by atoms with Crippen LogP contribution in [0.2, 0.25) is 0 Å². The zero-order valence-electron chi connectivity index (χ0n) is 38.3. The summed E-state index contributed by atoms with van der Waals surface area (Å²) in [6, 6.07) is 0. The first kappa shape index (κ1) is 55.1. The predicted octanol–water partition coefficient (Wildman–Crippen LogP) is 16.0. The van der Waals surface area contributed by atoms with Crippen molar-refractivity contribution in [3.8, 4) is 0 Å². The Morgan fingerprint density at radius 2 is 0.550 bits per heavy atom. The number of carbonyl (C=O) groups excluding carboxylic acids is 4.